The molecule has 1 aliphatic rings. The van der Waals surface area contributed by atoms with Gasteiger partial charge in [0.15, 0.2) is 19.1 Å². The Morgan fingerprint density at radius 2 is 1.04 bits per heavy atom. The summed E-state index contributed by atoms with van der Waals surface area (Å²) in [5, 5.41) is -0.834. The van der Waals surface area contributed by atoms with Crippen molar-refractivity contribution in [1.29, 1.82) is 0 Å². The van der Waals surface area contributed by atoms with Crippen LogP contribution in [0.4, 0.5) is 0 Å². The predicted octanol–water partition coefficient (Wildman–Crippen LogP) is 15.2. The molecule has 378 valence electrons. The van der Waals surface area contributed by atoms with Gasteiger partial charge in [0.2, 0.25) is 0 Å². The summed E-state index contributed by atoms with van der Waals surface area (Å²) in [4.78, 5) is 4.53. The Bertz CT molecular complexity index is 5920. The van der Waals surface area contributed by atoms with Crippen molar-refractivity contribution in [3.8, 4) is 73.2 Å². The first kappa shape index (κ1) is 27.4. The molecule has 0 amide bonds. The third-order valence-corrected chi connectivity index (χ3v) is 18.9. The number of ether oxygens (including phenoxy) is 1. The molecule has 0 aliphatic carbocycles. The fourth-order valence-corrected chi connectivity index (χ4v) is 15.2. The molecule has 6 heteroatoms. The van der Waals surface area contributed by atoms with Gasteiger partial charge in [-0.1, -0.05) is 212 Å². The Balaban J connectivity index is 1.03. The average molecular weight is 1070 g/mol. The summed E-state index contributed by atoms with van der Waals surface area (Å²) >= 11 is 0. The van der Waals surface area contributed by atoms with Crippen molar-refractivity contribution >= 4 is 61.7 Å². The van der Waals surface area contributed by atoms with E-state index in [2.05, 4.69) is 4.98 Å². The molecule has 3 aromatic heterocycles. The summed E-state index contributed by atoms with van der Waals surface area (Å²) in [5.41, 5.74) is 4.28. The van der Waals surface area contributed by atoms with Crippen molar-refractivity contribution in [1.82, 2.24) is 14.1 Å². The molecule has 11 aromatic carbocycles. The van der Waals surface area contributed by atoms with Gasteiger partial charge in [-0.3, -0.25) is 4.57 Å². The number of para-hydroxylation sites is 3. The van der Waals surface area contributed by atoms with Gasteiger partial charge in [-0.25, -0.2) is 4.98 Å². The molecule has 0 saturated carbocycles. The fraction of sp³-hybridized carbons (Fsp3) is 0.0270. The van der Waals surface area contributed by atoms with Crippen LogP contribution in [0.1, 0.15) is 46.8 Å². The average Bonchev–Trinajstić information content (AvgIpc) is 0.804. The third kappa shape index (κ3) is 7.52. The summed E-state index contributed by atoms with van der Waals surface area (Å²) in [6.45, 7) is -5.60. The first-order valence-electron chi connectivity index (χ1n) is 38.3. The van der Waals surface area contributed by atoms with E-state index >= 15 is 0 Å². The lowest BCUT2D eigenvalue weighted by Crippen LogP contribution is -2.74. The maximum absolute atomic E-state index is 9.87. The Labute approximate surface area is 502 Å². The van der Waals surface area contributed by atoms with Crippen molar-refractivity contribution in [2.24, 2.45) is 0 Å². The minimum Gasteiger partial charge on any atom is -0.457 e. The predicted molar refractivity (Wildman–Crippen MR) is 332 cm³/mol. The van der Waals surface area contributed by atoms with Crippen LogP contribution < -0.4 is 30.1 Å². The molecule has 15 rings (SSSR count). The summed E-state index contributed by atoms with van der Waals surface area (Å²) in [7, 11) is -5.79. The van der Waals surface area contributed by atoms with Crippen LogP contribution in [0, 0.1) is 13.7 Å². The number of hydrogen-bond donors (Lipinski definition) is 0. The van der Waals surface area contributed by atoms with Gasteiger partial charge in [-0.2, -0.15) is 9.13 Å². The topological polar surface area (TPSA) is 35.9 Å². The maximum Gasteiger partial charge on any atom is 0.255 e. The van der Waals surface area contributed by atoms with Crippen LogP contribution in [0.3, 0.4) is 0 Å². The van der Waals surface area contributed by atoms with Gasteiger partial charge in [0.1, 0.15) is 28.7 Å². The molecule has 0 bridgehead atoms. The molecule has 0 fully saturated rings. The molecule has 0 N–H and O–H groups in total. The normalized spacial score (nSPS) is 16.8. The third-order valence-electron chi connectivity index (χ3n) is 14.8. The first-order chi connectivity index (χ1) is 50.2. The SMILES string of the molecule is [2H]c1c([2H])c([2H])c(-c2cccc3c2-[n+]2cn(-c4cccc(Oc5ccc6c7ccccc7n(-c7cc(C([2H])([2H])[2H])c(C([2H])([2H])[2H])cn7)c6c5)c4)c4cccc(c42)-c2ccccc2-c2ccc([Si](c4c([2H])c([2H])c([2H])c([2H])c4[2H])(c4c([2H])c([2H])c([2H])c([2H])c4[2H])c4c([2H])c([2H])c([2H])c([2H])c4[2H])cc2-3)c([2H])c1[2H]. The molecule has 0 radical (unpaired) electrons. The summed E-state index contributed by atoms with van der Waals surface area (Å²) < 4.78 is 249. The van der Waals surface area contributed by atoms with Crippen LogP contribution in [0.15, 0.2) is 285 Å². The minimum atomic E-state index is -5.79. The lowest BCUT2D eigenvalue weighted by atomic mass is 9.88. The number of hydrogen-bond acceptors (Lipinski definition) is 2. The van der Waals surface area contributed by atoms with Gasteiger partial charge in [-0.15, -0.1) is 0 Å². The molecular formula is C74H53N4OSi+. The molecule has 0 unspecified atom stereocenters. The van der Waals surface area contributed by atoms with Crippen LogP contribution in [-0.2, 0) is 0 Å². The van der Waals surface area contributed by atoms with E-state index in [0.29, 0.717) is 61.5 Å². The van der Waals surface area contributed by atoms with Crippen LogP contribution >= 0.6 is 0 Å². The highest BCUT2D eigenvalue weighted by Gasteiger charge is 2.42. The van der Waals surface area contributed by atoms with Gasteiger partial charge in [0.05, 0.1) is 38.4 Å². The molecule has 1 aliphatic heterocycles. The van der Waals surface area contributed by atoms with E-state index in [9.17, 15) is 19.2 Å². The minimum absolute atomic E-state index is 0.0592. The van der Waals surface area contributed by atoms with E-state index < -0.39 is 164 Å². The standard InChI is InChI=1S/C74H53N4OSi/c1-50-44-72(75-48-51(50)2)78-69-38-18-17-34-64(69)65-42-40-55(46-71(65)78)79-54-25-19-24-53(45-54)76-49-77-73-60(52-22-7-3-8-23-52)35-20-36-67(73)68-47-59(41-43-63(68)61-32-15-16-33-62(61)66-37-21-39-70(76)74(66)77)80(56-26-9-4-10-27-56,57-28-11-5-12-29-57)58-30-13-6-14-31-58/h3-49H,1-2H3/q+1/i1D3,2D3,3D,4D,5D,6D,7D,8D,9D,10D,11D,12D,13D,14D,22D,23D,26D,27D,28D,29D,30D,31D. The van der Waals surface area contributed by atoms with Crippen molar-refractivity contribution in [2.45, 2.75) is 13.7 Å². The largest absolute Gasteiger partial charge is 0.457 e. The van der Waals surface area contributed by atoms with Crippen LogP contribution in [0.2, 0.25) is 0 Å². The van der Waals surface area contributed by atoms with Gasteiger partial charge in [-0.05, 0) is 122 Å². The van der Waals surface area contributed by atoms with Gasteiger partial charge >= 0.3 is 0 Å². The molecule has 0 atom stereocenters. The summed E-state index contributed by atoms with van der Waals surface area (Å²) in [5.74, 6) is 0.778. The molecule has 0 saturated heterocycles. The highest BCUT2D eigenvalue weighted by Crippen LogP contribution is 2.45. The molecular weight excluding hydrogens is 989 g/mol. The summed E-state index contributed by atoms with van der Waals surface area (Å²) in [6.07, 6.45) is 2.80. The number of nitrogens with zero attached hydrogens (tertiary/aromatic N) is 4. The van der Waals surface area contributed by atoms with Crippen molar-refractivity contribution < 1.29 is 44.9 Å². The van der Waals surface area contributed by atoms with E-state index in [0.717, 1.165) is 17.0 Å². The molecule has 4 heterocycles. The number of aryl methyl sites for hydroxylation is 2. The van der Waals surface area contributed by atoms with Gasteiger partial charge < -0.3 is 4.74 Å². The fourth-order valence-electron chi connectivity index (χ4n) is 11.4. The Kier molecular flexibility index (Phi) is 6.55. The number of benzene rings is 11. The highest BCUT2D eigenvalue weighted by atomic mass is 28.3. The van der Waals surface area contributed by atoms with Crippen LogP contribution in [-0.4, -0.2) is 22.2 Å². The first-order valence-corrected chi connectivity index (χ1v) is 27.3. The molecule has 80 heavy (non-hydrogen) atoms. The molecule has 0 spiro atoms. The van der Waals surface area contributed by atoms with Crippen molar-refractivity contribution in [2.75, 3.05) is 0 Å². The zero-order valence-electron chi connectivity index (χ0n) is 67.8. The van der Waals surface area contributed by atoms with E-state index in [1.807, 2.05) is 77.4 Å². The smallest absolute Gasteiger partial charge is 0.255 e. The van der Waals surface area contributed by atoms with Gasteiger partial charge in [0, 0.05) is 54.0 Å². The number of pyridine rings is 1. The van der Waals surface area contributed by atoms with Crippen LogP contribution in [0.25, 0.3) is 94.5 Å². The van der Waals surface area contributed by atoms with E-state index in [1.54, 1.807) is 76.1 Å². The number of rotatable bonds is 9. The second-order valence-electron chi connectivity index (χ2n) is 19.0. The zero-order valence-corrected chi connectivity index (χ0v) is 42.8. The Morgan fingerprint density at radius 3 is 1.77 bits per heavy atom. The second-order valence-corrected chi connectivity index (χ2v) is 22.6. The van der Waals surface area contributed by atoms with Gasteiger partial charge in [0.25, 0.3) is 6.33 Å². The number of aromatic nitrogens is 4. The molecule has 5 nitrogen and oxygen atoms in total. The second kappa shape index (κ2) is 19.1. The van der Waals surface area contributed by atoms with E-state index in [1.165, 1.54) is 18.2 Å². The Morgan fingerprint density at radius 1 is 0.450 bits per heavy atom. The Hall–Kier alpha value is -10.1. The quantitative estimate of drug-likeness (QED) is 0.0820. The summed E-state index contributed by atoms with van der Waals surface area (Å²) in [6, 6.07) is 25.8. The van der Waals surface area contributed by atoms with Crippen molar-refractivity contribution in [3.63, 3.8) is 0 Å². The highest BCUT2D eigenvalue weighted by molar-refractivity contribution is 7.20. The zero-order chi connectivity index (χ0) is 75.7. The number of imidazole rings is 1. The monoisotopic (exact) mass is 1070 g/mol. The molecule has 14 aromatic rings. The van der Waals surface area contributed by atoms with Crippen molar-refractivity contribution in [3.05, 3.63) is 296 Å². The lowest BCUT2D eigenvalue weighted by molar-refractivity contribution is -0.566. The van der Waals surface area contributed by atoms with E-state index in [-0.39, 0.29) is 44.5 Å². The van der Waals surface area contributed by atoms with E-state index in [4.69, 9.17) is 21.2 Å². The maximum atomic E-state index is 9.87. The lowest BCUT2D eigenvalue weighted by Gasteiger charge is -2.35. The number of fused-ring (bicyclic) bond motifs is 10. The van der Waals surface area contributed by atoms with Crippen LogP contribution in [0.5, 0.6) is 11.5 Å².